The summed E-state index contributed by atoms with van der Waals surface area (Å²) in [7, 11) is 4.38. The molecule has 1 atom stereocenters. The molecule has 0 N–H and O–H groups in total. The van der Waals surface area contributed by atoms with E-state index < -0.39 is 0 Å². The van der Waals surface area contributed by atoms with E-state index in [9.17, 15) is 0 Å². The fraction of sp³-hybridized carbons (Fsp3) is 0.857. The van der Waals surface area contributed by atoms with Crippen molar-refractivity contribution in [2.24, 2.45) is 0 Å². The first-order valence-corrected chi connectivity index (χ1v) is 11.8. The molecule has 0 saturated carbocycles. The zero-order chi connectivity index (χ0) is 12.2. The van der Waals surface area contributed by atoms with E-state index in [2.05, 4.69) is 12.7 Å². The molecule has 0 aliphatic carbocycles. The molecule has 1 aromatic rings. The van der Waals surface area contributed by atoms with E-state index in [1.807, 2.05) is 0 Å². The van der Waals surface area contributed by atoms with E-state index >= 15 is 0 Å². The second-order valence-electron chi connectivity index (χ2n) is 4.89. The molecule has 0 aromatic carbocycles. The molecule has 1 aromatic heterocycles. The predicted octanol–water partition coefficient (Wildman–Crippen LogP) is 7.34. The summed E-state index contributed by atoms with van der Waals surface area (Å²) in [4.78, 5) is 0. The fourth-order valence-electron chi connectivity index (χ4n) is 2.14. The molecule has 98 valence electrons. The van der Waals surface area contributed by atoms with Gasteiger partial charge in [-0.1, -0.05) is 80.1 Å². The summed E-state index contributed by atoms with van der Waals surface area (Å²) < 4.78 is 0. The lowest BCUT2D eigenvalue weighted by Crippen LogP contribution is -1.83. The Kier molecular flexibility index (Phi) is 10.8. The van der Waals surface area contributed by atoms with Crippen molar-refractivity contribution in [1.29, 1.82) is 0 Å². The molecule has 1 rings (SSSR count). The van der Waals surface area contributed by atoms with Crippen LogP contribution >= 0.6 is 23.3 Å². The number of unbranched alkanes of at least 4 members (excludes halogenated alkanes) is 9. The highest BCUT2D eigenvalue weighted by Gasteiger charge is 1.95. The van der Waals surface area contributed by atoms with Gasteiger partial charge in [-0.3, -0.25) is 0 Å². The van der Waals surface area contributed by atoms with Crippen molar-refractivity contribution in [3.63, 3.8) is 0 Å². The Morgan fingerprint density at radius 1 is 0.882 bits per heavy atom. The Balaban J connectivity index is 1.76. The Labute approximate surface area is 112 Å². The third kappa shape index (κ3) is 9.25. The van der Waals surface area contributed by atoms with Crippen molar-refractivity contribution >= 4 is 23.3 Å². The van der Waals surface area contributed by atoms with Crippen LogP contribution in [0.4, 0.5) is 0 Å². The zero-order valence-electron chi connectivity index (χ0n) is 11.2. The molecule has 0 aliphatic heterocycles. The highest BCUT2D eigenvalue weighted by Crippen LogP contribution is 2.37. The molecule has 0 spiro atoms. The molecule has 0 nitrogen and oxygen atoms in total. The normalized spacial score (nSPS) is 12.3. The molecular formula is C14H27P3. The molecule has 1 heterocycles. The van der Waals surface area contributed by atoms with Gasteiger partial charge < -0.3 is 0 Å². The average molecular weight is 288 g/mol. The van der Waals surface area contributed by atoms with Crippen LogP contribution in [-0.2, 0) is 6.42 Å². The van der Waals surface area contributed by atoms with Crippen LogP contribution in [0.25, 0.3) is 0 Å². The summed E-state index contributed by atoms with van der Waals surface area (Å²) in [5.41, 5.74) is 0. The fourth-order valence-corrected chi connectivity index (χ4v) is 7.91. The van der Waals surface area contributed by atoms with Crippen LogP contribution in [0.3, 0.4) is 0 Å². The number of rotatable bonds is 11. The van der Waals surface area contributed by atoms with Gasteiger partial charge >= 0.3 is 0 Å². The van der Waals surface area contributed by atoms with Crippen LogP contribution in [-0.4, -0.2) is 0 Å². The van der Waals surface area contributed by atoms with E-state index in [0.717, 1.165) is 7.55 Å². The summed E-state index contributed by atoms with van der Waals surface area (Å²) in [5, 5.41) is 1.73. The minimum absolute atomic E-state index is 1.15. The van der Waals surface area contributed by atoms with Crippen LogP contribution in [0.15, 0.2) is 5.80 Å². The van der Waals surface area contributed by atoms with Gasteiger partial charge in [0.15, 0.2) is 0 Å². The van der Waals surface area contributed by atoms with Gasteiger partial charge in [-0.2, -0.15) is 0 Å². The Bertz CT molecular complexity index is 244. The third-order valence-corrected chi connectivity index (χ3v) is 8.59. The number of aryl methyl sites for hydroxylation is 1. The van der Waals surface area contributed by atoms with Gasteiger partial charge in [0.1, 0.15) is 0 Å². The highest BCUT2D eigenvalue weighted by molar-refractivity contribution is 8.17. The summed E-state index contributed by atoms with van der Waals surface area (Å²) in [5.74, 6) is 2.45. The Morgan fingerprint density at radius 2 is 1.47 bits per heavy atom. The standard InChI is InChI=1S/C14H27P3/c1-2-3-4-5-6-7-8-9-10-11-12-14-13-15-17-16-14/h13,17H,2-12H2,1H3. The van der Waals surface area contributed by atoms with Gasteiger partial charge in [0, 0.05) is 0 Å². The maximum absolute atomic E-state index is 2.45. The lowest BCUT2D eigenvalue weighted by molar-refractivity contribution is 0.557. The minimum Gasteiger partial charge on any atom is -0.0816 e. The minimum atomic E-state index is 1.15. The van der Waals surface area contributed by atoms with Gasteiger partial charge in [0.25, 0.3) is 0 Å². The second kappa shape index (κ2) is 11.7. The van der Waals surface area contributed by atoms with Crippen molar-refractivity contribution in [2.75, 3.05) is 0 Å². The molecule has 0 amide bonds. The summed E-state index contributed by atoms with van der Waals surface area (Å²) in [6.07, 6.45) is 15.9. The van der Waals surface area contributed by atoms with Gasteiger partial charge in [0.05, 0.1) is 0 Å². The topological polar surface area (TPSA) is 0 Å². The van der Waals surface area contributed by atoms with E-state index in [-0.39, 0.29) is 0 Å². The summed E-state index contributed by atoms with van der Waals surface area (Å²) in [6.45, 7) is 2.29. The third-order valence-electron chi connectivity index (χ3n) is 3.25. The molecule has 17 heavy (non-hydrogen) atoms. The maximum atomic E-state index is 2.45. The zero-order valence-corrected chi connectivity index (χ0v) is 14.0. The van der Waals surface area contributed by atoms with Crippen molar-refractivity contribution < 1.29 is 0 Å². The molecule has 0 aliphatic rings. The molecular weight excluding hydrogens is 261 g/mol. The summed E-state index contributed by atoms with van der Waals surface area (Å²) >= 11 is 0. The molecule has 0 radical (unpaired) electrons. The Morgan fingerprint density at radius 3 is 2.00 bits per heavy atom. The van der Waals surface area contributed by atoms with Gasteiger partial charge in [-0.15, -0.1) is 0 Å². The van der Waals surface area contributed by atoms with Crippen molar-refractivity contribution in [3.05, 3.63) is 11.1 Å². The first-order chi connectivity index (χ1) is 8.43. The van der Waals surface area contributed by atoms with Crippen molar-refractivity contribution in [3.8, 4) is 0 Å². The summed E-state index contributed by atoms with van der Waals surface area (Å²) in [6, 6.07) is 0. The molecule has 1 unspecified atom stereocenters. The van der Waals surface area contributed by atoms with E-state index in [1.54, 1.807) is 21.0 Å². The number of hydrogen-bond acceptors (Lipinski definition) is 0. The van der Waals surface area contributed by atoms with E-state index in [4.69, 9.17) is 0 Å². The first kappa shape index (κ1) is 15.7. The average Bonchev–Trinajstić information content (AvgIpc) is 2.85. The largest absolute Gasteiger partial charge is 0.0816 e. The first-order valence-electron chi connectivity index (χ1n) is 7.28. The van der Waals surface area contributed by atoms with Crippen LogP contribution < -0.4 is 0 Å². The van der Waals surface area contributed by atoms with Crippen molar-refractivity contribution in [2.45, 2.75) is 77.6 Å². The van der Waals surface area contributed by atoms with Gasteiger partial charge in [-0.05, 0) is 31.8 Å². The van der Waals surface area contributed by atoms with E-state index in [1.165, 1.54) is 70.6 Å². The van der Waals surface area contributed by atoms with Crippen molar-refractivity contribution in [1.82, 2.24) is 0 Å². The quantitative estimate of drug-likeness (QED) is 0.373. The van der Waals surface area contributed by atoms with Crippen LogP contribution in [0.1, 0.15) is 76.4 Å². The van der Waals surface area contributed by atoms with E-state index in [0.29, 0.717) is 0 Å². The molecule has 0 bridgehead atoms. The van der Waals surface area contributed by atoms with Gasteiger partial charge in [0.2, 0.25) is 0 Å². The monoisotopic (exact) mass is 288 g/mol. The van der Waals surface area contributed by atoms with Crippen LogP contribution in [0.5, 0.6) is 0 Å². The predicted molar refractivity (Wildman–Crippen MR) is 86.5 cm³/mol. The lowest BCUT2D eigenvalue weighted by atomic mass is 10.1. The molecule has 3 heteroatoms. The smallest absolute Gasteiger partial charge is 0.0118 e. The number of hydrogen-bond donors (Lipinski definition) is 0. The van der Waals surface area contributed by atoms with Crippen LogP contribution in [0, 0.1) is 0 Å². The molecule has 0 fully saturated rings. The van der Waals surface area contributed by atoms with Crippen LogP contribution in [0.2, 0.25) is 0 Å². The lowest BCUT2D eigenvalue weighted by Gasteiger charge is -2.01. The molecule has 0 saturated heterocycles. The maximum Gasteiger partial charge on any atom is -0.0118 e. The SMILES string of the molecule is CCCCCCCCCCCCc1cp[pH]p1. The van der Waals surface area contributed by atoms with Gasteiger partial charge in [-0.25, -0.2) is 0 Å². The highest BCUT2D eigenvalue weighted by atomic mass is 32.1. The Hall–Kier alpha value is 0.640. The second-order valence-corrected chi connectivity index (χ2v) is 10.3.